The molecule has 0 atom stereocenters. The molecule has 0 saturated carbocycles. The van der Waals surface area contributed by atoms with Gasteiger partial charge in [-0.2, -0.15) is 0 Å². The number of H-pyrrole nitrogens is 1. The van der Waals surface area contributed by atoms with E-state index in [9.17, 15) is 19.1 Å². The average molecular weight is 611 g/mol. The van der Waals surface area contributed by atoms with Crippen molar-refractivity contribution in [3.05, 3.63) is 47.8 Å². The van der Waals surface area contributed by atoms with Gasteiger partial charge in [0.15, 0.2) is 0 Å². The molecule has 1 aliphatic rings. The molecule has 0 spiro atoms. The minimum Gasteiger partial charge on any atom is -0.389 e. The van der Waals surface area contributed by atoms with Crippen LogP contribution in [0, 0.1) is 18.2 Å². The van der Waals surface area contributed by atoms with Crippen LogP contribution < -0.4 is 5.73 Å². The van der Waals surface area contributed by atoms with Crippen LogP contribution in [0.1, 0.15) is 97.0 Å². The molecule has 1 aromatic carbocycles. The largest absolute Gasteiger partial charge is 0.389 e. The summed E-state index contributed by atoms with van der Waals surface area (Å²) in [6.45, 7) is 12.5. The van der Waals surface area contributed by atoms with E-state index in [1.165, 1.54) is 6.07 Å². The first-order chi connectivity index (χ1) is 21.0. The normalized spacial score (nSPS) is 14.2. The molecule has 0 aliphatic carbocycles. The van der Waals surface area contributed by atoms with Crippen molar-refractivity contribution in [3.8, 4) is 11.3 Å². The molecular formula is C34H51FN6O3. The maximum atomic E-state index is 14.5. The van der Waals surface area contributed by atoms with Crippen LogP contribution >= 0.6 is 0 Å². The third-order valence-electron chi connectivity index (χ3n) is 7.89. The van der Waals surface area contributed by atoms with Gasteiger partial charge in [0.2, 0.25) is 0 Å². The second kappa shape index (κ2) is 18.3. The molecule has 5 N–H and O–H groups in total. The highest BCUT2D eigenvalue weighted by Gasteiger charge is 2.33. The van der Waals surface area contributed by atoms with E-state index in [1.54, 1.807) is 6.20 Å². The summed E-state index contributed by atoms with van der Waals surface area (Å²) in [6.07, 6.45) is 9.26. The Morgan fingerprint density at radius 2 is 1.80 bits per heavy atom. The Balaban J connectivity index is 0.000000337. The van der Waals surface area contributed by atoms with Crippen LogP contribution in [0.4, 0.5) is 4.39 Å². The first kappa shape index (κ1) is 36.7. The number of hydrogen-bond acceptors (Lipinski definition) is 7. The molecule has 9 nitrogen and oxygen atoms in total. The van der Waals surface area contributed by atoms with Crippen LogP contribution in [0.2, 0.25) is 0 Å². The van der Waals surface area contributed by atoms with Crippen LogP contribution in [0.15, 0.2) is 30.5 Å². The van der Waals surface area contributed by atoms with Gasteiger partial charge in [0.25, 0.3) is 5.91 Å². The van der Waals surface area contributed by atoms with Gasteiger partial charge in [0.1, 0.15) is 17.4 Å². The summed E-state index contributed by atoms with van der Waals surface area (Å²) >= 11 is 0. The maximum Gasteiger partial charge on any atom is 0.262 e. The monoisotopic (exact) mass is 610 g/mol. The van der Waals surface area contributed by atoms with Gasteiger partial charge in [0, 0.05) is 61.5 Å². The van der Waals surface area contributed by atoms with Gasteiger partial charge in [-0.15, -0.1) is 0 Å². The van der Waals surface area contributed by atoms with Crippen molar-refractivity contribution < 1.29 is 19.1 Å². The smallest absolute Gasteiger partial charge is 0.262 e. The van der Waals surface area contributed by atoms with Gasteiger partial charge in [0.05, 0.1) is 28.7 Å². The summed E-state index contributed by atoms with van der Waals surface area (Å²) in [5.74, 6) is 0.183. The SMILES string of the molecule is CC.CCC(=O)CCCCCCc1ncc(-c2cc3ccc(C)nc3cc2F)[nH]1.CCN1CCC(O)(CC(=N)C(N)=O)CC1. The van der Waals surface area contributed by atoms with Crippen LogP contribution in [0.3, 0.4) is 0 Å². The van der Waals surface area contributed by atoms with E-state index in [0.29, 0.717) is 48.2 Å². The molecule has 1 saturated heterocycles. The molecule has 44 heavy (non-hydrogen) atoms. The number of imidazole rings is 1. The number of nitrogens with zero attached hydrogens (tertiary/aromatic N) is 3. The molecule has 242 valence electrons. The Kier molecular flexibility index (Phi) is 15.3. The lowest BCUT2D eigenvalue weighted by Gasteiger charge is -2.37. The van der Waals surface area contributed by atoms with Crippen molar-refractivity contribution in [2.24, 2.45) is 5.73 Å². The second-order valence-corrected chi connectivity index (χ2v) is 11.2. The fraction of sp³-hybridized carbons (Fsp3) is 0.559. The highest BCUT2D eigenvalue weighted by Crippen LogP contribution is 2.27. The summed E-state index contributed by atoms with van der Waals surface area (Å²) in [6, 6.07) is 7.19. The first-order valence-electron chi connectivity index (χ1n) is 16.0. The number of nitrogens with two attached hydrogens (primary N) is 1. The number of pyridine rings is 1. The van der Waals surface area contributed by atoms with E-state index in [2.05, 4.69) is 26.8 Å². The number of aliphatic hydroxyl groups is 1. The van der Waals surface area contributed by atoms with Crippen molar-refractivity contribution in [2.75, 3.05) is 19.6 Å². The number of likely N-dealkylation sites (tertiary alicyclic amines) is 1. The van der Waals surface area contributed by atoms with Gasteiger partial charge in [-0.05, 0) is 51.3 Å². The van der Waals surface area contributed by atoms with Crippen molar-refractivity contribution in [3.63, 3.8) is 0 Å². The summed E-state index contributed by atoms with van der Waals surface area (Å²) in [5, 5.41) is 18.4. The Hall–Kier alpha value is -3.50. The van der Waals surface area contributed by atoms with E-state index in [-0.39, 0.29) is 17.9 Å². The van der Waals surface area contributed by atoms with Gasteiger partial charge < -0.3 is 20.7 Å². The topological polar surface area (TPSA) is 149 Å². The van der Waals surface area contributed by atoms with Gasteiger partial charge in [-0.3, -0.25) is 20.0 Å². The molecular weight excluding hydrogens is 559 g/mol. The second-order valence-electron chi connectivity index (χ2n) is 11.2. The van der Waals surface area contributed by atoms with E-state index >= 15 is 0 Å². The molecule has 3 heterocycles. The van der Waals surface area contributed by atoms with Crippen molar-refractivity contribution in [2.45, 2.75) is 104 Å². The van der Waals surface area contributed by atoms with Crippen molar-refractivity contribution >= 4 is 28.3 Å². The molecule has 0 radical (unpaired) electrons. The number of piperidine rings is 1. The number of hydrogen-bond donors (Lipinski definition) is 4. The number of nitrogens with one attached hydrogen (secondary N) is 2. The standard InChI is InChI=1S/C22H26FN3O.C10H19N3O2.C2H6/c1-3-17(27)8-6-4-5-7-9-22-24-14-21(26-22)18-12-16-11-10-15(2)25-20(16)13-19(18)23;1-2-13-5-3-10(15,4-6-13)7-8(11)9(12)14;1-2/h10-14H,3-9H2,1-2H3,(H,24,26);11,15H,2-7H2,1H3,(H2,12,14);1-2H3. The lowest BCUT2D eigenvalue weighted by atomic mass is 9.86. The minimum absolute atomic E-state index is 0.0832. The number of carbonyl (C=O) groups is 2. The third-order valence-corrected chi connectivity index (χ3v) is 7.89. The van der Waals surface area contributed by atoms with Gasteiger partial charge in [-0.25, -0.2) is 9.37 Å². The number of primary amides is 1. The predicted molar refractivity (Wildman–Crippen MR) is 175 cm³/mol. The quantitative estimate of drug-likeness (QED) is 0.132. The number of ketones is 1. The fourth-order valence-electron chi connectivity index (χ4n) is 5.10. The molecule has 2 aromatic heterocycles. The molecule has 0 bridgehead atoms. The summed E-state index contributed by atoms with van der Waals surface area (Å²) in [4.78, 5) is 36.2. The van der Waals surface area contributed by atoms with Gasteiger partial charge >= 0.3 is 0 Å². The van der Waals surface area contributed by atoms with Crippen molar-refractivity contribution in [1.29, 1.82) is 5.41 Å². The van der Waals surface area contributed by atoms with E-state index < -0.39 is 11.5 Å². The number of fused-ring (bicyclic) bond motifs is 1. The first-order valence-corrected chi connectivity index (χ1v) is 16.0. The lowest BCUT2D eigenvalue weighted by molar-refractivity contribution is -0.118. The van der Waals surface area contributed by atoms with E-state index in [0.717, 1.165) is 68.6 Å². The minimum atomic E-state index is -0.905. The highest BCUT2D eigenvalue weighted by molar-refractivity contribution is 6.37. The molecule has 3 aromatic rings. The summed E-state index contributed by atoms with van der Waals surface area (Å²) in [7, 11) is 0. The summed E-state index contributed by atoms with van der Waals surface area (Å²) < 4.78 is 14.5. The maximum absolute atomic E-state index is 14.5. The number of benzene rings is 1. The van der Waals surface area contributed by atoms with E-state index in [1.807, 2.05) is 45.9 Å². The van der Waals surface area contributed by atoms with Crippen molar-refractivity contribution in [1.82, 2.24) is 19.9 Å². The average Bonchev–Trinajstić information content (AvgIpc) is 3.48. The molecule has 1 aliphatic heterocycles. The van der Waals surface area contributed by atoms with Crippen LogP contribution in [-0.4, -0.2) is 67.6 Å². The van der Waals surface area contributed by atoms with Gasteiger partial charge in [-0.1, -0.05) is 46.6 Å². The number of carbonyl (C=O) groups excluding carboxylic acids is 2. The molecule has 1 amide bonds. The molecule has 1 fully saturated rings. The Morgan fingerprint density at radius 1 is 1.11 bits per heavy atom. The molecule has 0 unspecified atom stereocenters. The zero-order valence-corrected chi connectivity index (χ0v) is 27.1. The number of amides is 1. The Labute approximate surface area is 261 Å². The zero-order valence-electron chi connectivity index (χ0n) is 27.1. The van der Waals surface area contributed by atoms with Crippen LogP contribution in [0.5, 0.6) is 0 Å². The molecule has 4 rings (SSSR count). The van der Waals surface area contributed by atoms with E-state index in [4.69, 9.17) is 11.1 Å². The zero-order chi connectivity index (χ0) is 32.7. The third kappa shape index (κ3) is 11.5. The predicted octanol–water partition coefficient (Wildman–Crippen LogP) is 6.30. The number of Topliss-reactive ketones (excluding diaryl/α,β-unsaturated/α-hetero) is 1. The van der Waals surface area contributed by atoms with Crippen LogP contribution in [-0.2, 0) is 16.0 Å². The highest BCUT2D eigenvalue weighted by atomic mass is 19.1. The summed E-state index contributed by atoms with van der Waals surface area (Å²) in [5.41, 5.74) is 6.65. The number of halogens is 1. The molecule has 10 heteroatoms. The number of unbranched alkanes of at least 4 members (excludes halogenated alkanes) is 3. The Morgan fingerprint density at radius 3 is 2.43 bits per heavy atom. The Bertz CT molecular complexity index is 1360. The van der Waals surface area contributed by atoms with Crippen LogP contribution in [0.25, 0.3) is 22.2 Å². The fourth-order valence-corrected chi connectivity index (χ4v) is 5.10. The lowest BCUT2D eigenvalue weighted by Crippen LogP contribution is -2.46. The number of aromatic nitrogens is 3. The number of rotatable bonds is 13. The number of aryl methyl sites for hydroxylation is 2. The number of aromatic amines is 1.